The Labute approximate surface area is 159 Å². The summed E-state index contributed by atoms with van der Waals surface area (Å²) in [5, 5.41) is 3.07. The molecule has 1 rings (SSSR count). The van der Waals surface area contributed by atoms with Crippen molar-refractivity contribution in [2.24, 2.45) is 11.8 Å². The van der Waals surface area contributed by atoms with Crippen LogP contribution >= 0.6 is 11.6 Å². The van der Waals surface area contributed by atoms with E-state index in [1.807, 2.05) is 6.92 Å². The van der Waals surface area contributed by atoms with Crippen LogP contribution in [0.15, 0.2) is 30.0 Å². The van der Waals surface area contributed by atoms with Gasteiger partial charge in [0.1, 0.15) is 0 Å². The van der Waals surface area contributed by atoms with E-state index in [1.165, 1.54) is 6.20 Å². The Morgan fingerprint density at radius 3 is 2.19 bits per heavy atom. The van der Waals surface area contributed by atoms with Crippen LogP contribution in [0, 0.1) is 11.8 Å². The minimum absolute atomic E-state index is 0.0880. The molecular weight excluding hydrogens is 354 g/mol. The van der Waals surface area contributed by atoms with E-state index in [-0.39, 0.29) is 39.6 Å². The fourth-order valence-corrected chi connectivity index (χ4v) is 2.37. The zero-order chi connectivity index (χ0) is 19.9. The maximum Gasteiger partial charge on any atom is 0.339 e. The number of anilines is 1. The molecule has 0 spiro atoms. The van der Waals surface area contributed by atoms with Crippen molar-refractivity contribution in [3.8, 4) is 0 Å². The lowest BCUT2D eigenvalue weighted by molar-refractivity contribution is -0.124. The van der Waals surface area contributed by atoms with Crippen molar-refractivity contribution in [1.82, 2.24) is 0 Å². The van der Waals surface area contributed by atoms with Gasteiger partial charge >= 0.3 is 5.97 Å². The zero-order valence-electron chi connectivity index (χ0n) is 15.9. The number of allylic oxidation sites excluding steroid dienone is 1. The predicted molar refractivity (Wildman–Crippen MR) is 103 cm³/mol. The third-order valence-electron chi connectivity index (χ3n) is 3.61. The minimum atomic E-state index is -0.513. The van der Waals surface area contributed by atoms with Crippen molar-refractivity contribution in [2.45, 2.75) is 41.0 Å². The number of hydrogen-bond acceptors (Lipinski definition) is 5. The Hall–Kier alpha value is -2.14. The van der Waals surface area contributed by atoms with Crippen molar-refractivity contribution >= 4 is 34.8 Å². The van der Waals surface area contributed by atoms with Crippen LogP contribution in [0.5, 0.6) is 0 Å². The monoisotopic (exact) mass is 379 g/mol. The molecule has 26 heavy (non-hydrogen) atoms. The number of nitrogens with one attached hydrogen (secondary N) is 1. The van der Waals surface area contributed by atoms with E-state index < -0.39 is 5.97 Å². The molecule has 0 bridgehead atoms. The number of benzene rings is 1. The zero-order valence-corrected chi connectivity index (χ0v) is 16.6. The van der Waals surface area contributed by atoms with Crippen LogP contribution in [0.1, 0.15) is 51.4 Å². The van der Waals surface area contributed by atoms with Crippen molar-refractivity contribution in [3.63, 3.8) is 0 Å². The molecule has 0 atom stereocenters. The molecule has 1 aromatic carbocycles. The van der Waals surface area contributed by atoms with Gasteiger partial charge in [-0.2, -0.15) is 0 Å². The molecule has 0 fully saturated rings. The van der Waals surface area contributed by atoms with Gasteiger partial charge in [0.2, 0.25) is 0 Å². The van der Waals surface area contributed by atoms with E-state index in [4.69, 9.17) is 16.3 Å². The highest BCUT2D eigenvalue weighted by Crippen LogP contribution is 2.27. The van der Waals surface area contributed by atoms with Crippen molar-refractivity contribution in [1.29, 1.82) is 0 Å². The lowest BCUT2D eigenvalue weighted by Crippen LogP contribution is -2.22. The summed E-state index contributed by atoms with van der Waals surface area (Å²) in [6.07, 6.45) is 2.08. The Morgan fingerprint density at radius 2 is 1.69 bits per heavy atom. The lowest BCUT2D eigenvalue weighted by atomic mass is 9.93. The quantitative estimate of drug-likeness (QED) is 0.292. The first-order valence-electron chi connectivity index (χ1n) is 8.71. The first-order valence-corrected chi connectivity index (χ1v) is 9.09. The van der Waals surface area contributed by atoms with Gasteiger partial charge in [0.05, 0.1) is 28.5 Å². The second kappa shape index (κ2) is 10.1. The average molecular weight is 380 g/mol. The van der Waals surface area contributed by atoms with E-state index in [9.17, 15) is 14.4 Å². The molecule has 6 heteroatoms. The number of hydrogen-bond donors (Lipinski definition) is 1. The van der Waals surface area contributed by atoms with E-state index in [2.05, 4.69) is 5.32 Å². The Morgan fingerprint density at radius 1 is 1.12 bits per heavy atom. The van der Waals surface area contributed by atoms with Crippen LogP contribution < -0.4 is 5.32 Å². The second-order valence-electron chi connectivity index (χ2n) is 6.54. The van der Waals surface area contributed by atoms with Crippen LogP contribution in [0.3, 0.4) is 0 Å². The Kier molecular flexibility index (Phi) is 8.52. The van der Waals surface area contributed by atoms with Gasteiger partial charge in [-0.25, -0.2) is 4.79 Å². The smallest absolute Gasteiger partial charge is 0.339 e. The van der Waals surface area contributed by atoms with Crippen molar-refractivity contribution in [3.05, 3.63) is 40.6 Å². The molecule has 0 saturated carbocycles. The number of Topliss-reactive ketones (excluding diaryl/α,β-unsaturated/α-hetero) is 2. The van der Waals surface area contributed by atoms with Crippen LogP contribution in [-0.2, 0) is 14.3 Å². The van der Waals surface area contributed by atoms with Crippen molar-refractivity contribution in [2.75, 3.05) is 11.9 Å². The summed E-state index contributed by atoms with van der Waals surface area (Å²) in [6, 6.07) is 4.88. The van der Waals surface area contributed by atoms with Crippen molar-refractivity contribution < 1.29 is 19.1 Å². The van der Waals surface area contributed by atoms with Gasteiger partial charge in [-0.3, -0.25) is 9.59 Å². The van der Waals surface area contributed by atoms with Gasteiger partial charge < -0.3 is 10.1 Å². The topological polar surface area (TPSA) is 72.5 Å². The maximum absolute atomic E-state index is 12.4. The van der Waals surface area contributed by atoms with Gasteiger partial charge in [0.25, 0.3) is 0 Å². The highest BCUT2D eigenvalue weighted by molar-refractivity contribution is 6.36. The molecule has 0 amide bonds. The molecule has 1 aromatic rings. The molecule has 0 radical (unpaired) electrons. The Balaban J connectivity index is 3.15. The van der Waals surface area contributed by atoms with Crippen LogP contribution in [0.25, 0.3) is 0 Å². The average Bonchev–Trinajstić information content (AvgIpc) is 2.60. The molecule has 0 aromatic heterocycles. The number of carbonyl (C=O) groups excluding carboxylic acids is 3. The standard InChI is InChI=1S/C20H26ClNO4/c1-6-10-26-20(25)14-8-7-9-16(17(14)21)22-11-15(18(23)12(2)3)19(24)13(4)5/h7-9,11-13,22H,6,10H2,1-5H3. The van der Waals surface area contributed by atoms with Crippen LogP contribution in [0.4, 0.5) is 5.69 Å². The van der Waals surface area contributed by atoms with Gasteiger partial charge in [0, 0.05) is 18.0 Å². The molecular formula is C20H26ClNO4. The fraction of sp³-hybridized carbons (Fsp3) is 0.450. The largest absolute Gasteiger partial charge is 0.462 e. The van der Waals surface area contributed by atoms with E-state index in [0.29, 0.717) is 18.7 Å². The molecule has 0 aliphatic carbocycles. The molecule has 5 nitrogen and oxygen atoms in total. The van der Waals surface area contributed by atoms with Gasteiger partial charge in [-0.05, 0) is 18.6 Å². The molecule has 0 aliphatic heterocycles. The molecule has 0 unspecified atom stereocenters. The van der Waals surface area contributed by atoms with Gasteiger partial charge in [0.15, 0.2) is 11.6 Å². The number of halogens is 1. The normalized spacial score (nSPS) is 10.6. The fourth-order valence-electron chi connectivity index (χ4n) is 2.11. The van der Waals surface area contributed by atoms with Crippen LogP contribution in [-0.4, -0.2) is 24.1 Å². The number of rotatable bonds is 9. The number of ether oxygens (including phenoxy) is 1. The third-order valence-corrected chi connectivity index (χ3v) is 4.01. The summed E-state index contributed by atoms with van der Waals surface area (Å²) in [6.45, 7) is 9.16. The first-order chi connectivity index (χ1) is 12.2. The predicted octanol–water partition coefficient (Wildman–Crippen LogP) is 4.65. The molecule has 0 heterocycles. The summed E-state index contributed by atoms with van der Waals surface area (Å²) < 4.78 is 5.10. The summed E-state index contributed by atoms with van der Waals surface area (Å²) in [5.41, 5.74) is 0.735. The number of carbonyl (C=O) groups is 3. The summed E-state index contributed by atoms with van der Waals surface area (Å²) in [7, 11) is 0. The molecule has 0 saturated heterocycles. The SMILES string of the molecule is CCCOC(=O)c1cccc(NC=C(C(=O)C(C)C)C(=O)C(C)C)c1Cl. The van der Waals surface area contributed by atoms with Gasteiger partial charge in [-0.15, -0.1) is 0 Å². The third kappa shape index (κ3) is 5.70. The summed E-state index contributed by atoms with van der Waals surface area (Å²) in [4.78, 5) is 36.8. The summed E-state index contributed by atoms with van der Waals surface area (Å²) >= 11 is 6.29. The van der Waals surface area contributed by atoms with Gasteiger partial charge in [-0.1, -0.05) is 52.3 Å². The lowest BCUT2D eigenvalue weighted by Gasteiger charge is -2.13. The van der Waals surface area contributed by atoms with Crippen LogP contribution in [0.2, 0.25) is 5.02 Å². The van der Waals surface area contributed by atoms with E-state index in [1.54, 1.807) is 45.9 Å². The molecule has 0 aliphatic rings. The second-order valence-corrected chi connectivity index (χ2v) is 6.92. The maximum atomic E-state index is 12.4. The Bertz CT molecular complexity index is 686. The summed E-state index contributed by atoms with van der Waals surface area (Å²) in [5.74, 6) is -1.62. The highest BCUT2D eigenvalue weighted by atomic mass is 35.5. The molecule has 142 valence electrons. The van der Waals surface area contributed by atoms with E-state index >= 15 is 0 Å². The number of ketones is 2. The minimum Gasteiger partial charge on any atom is -0.462 e. The molecule has 1 N–H and O–H groups in total. The van der Waals surface area contributed by atoms with E-state index in [0.717, 1.165) is 0 Å². The highest BCUT2D eigenvalue weighted by Gasteiger charge is 2.23. The first kappa shape index (κ1) is 21.9. The number of esters is 1.